The zero-order valence-corrected chi connectivity index (χ0v) is 29.2. The summed E-state index contributed by atoms with van der Waals surface area (Å²) in [7, 11) is -4.32. The number of ether oxygens (including phenoxy) is 2. The minimum atomic E-state index is -4.32. The summed E-state index contributed by atoms with van der Waals surface area (Å²) in [6, 6.07) is 16.0. The van der Waals surface area contributed by atoms with E-state index in [0.717, 1.165) is 5.56 Å². The van der Waals surface area contributed by atoms with E-state index in [4.69, 9.17) is 37.1 Å². The van der Waals surface area contributed by atoms with E-state index in [0.29, 0.717) is 0 Å². The molecule has 1 aliphatic heterocycles. The first-order valence-corrected chi connectivity index (χ1v) is 17.1. The van der Waals surface area contributed by atoms with E-state index in [9.17, 15) is 24.4 Å². The summed E-state index contributed by atoms with van der Waals surface area (Å²) in [5, 5.41) is 24.7. The molecule has 6 atom stereocenters. The standard InChI is InChI=1S/C27H31N6O9P.C10H2/c1-16(24(36)39-13-17-9-5-3-6-10-17)32-43(38,42-18-11-7-4-8-12-18)40-14-19-21(34)27(2,37)25(41-19)33-15-29-20-22(33)30-26(28)31-23(20)35;1-3-5-7-9-10-8-6-4-2/h3-12,15-16,19,21,25,34,37H,13-14H2,1-2H3,(H,32,38)(H3,28,30,31,35);1-2H/t16-,19+,21-,25+,27?,43?;/m0./s1. The number of imidazole rings is 1. The van der Waals surface area contributed by atoms with Gasteiger partial charge in [-0.25, -0.2) is 9.55 Å². The summed E-state index contributed by atoms with van der Waals surface area (Å²) in [5.41, 5.74) is 3.87. The molecule has 2 unspecified atom stereocenters. The van der Waals surface area contributed by atoms with Crippen LogP contribution in [0.15, 0.2) is 71.8 Å². The first kappa shape index (κ1) is 39.5. The van der Waals surface area contributed by atoms with Crippen molar-refractivity contribution >= 4 is 30.8 Å². The Morgan fingerprint density at radius 3 is 2.32 bits per heavy atom. The van der Waals surface area contributed by atoms with Crippen LogP contribution in [-0.4, -0.2) is 66.2 Å². The zero-order chi connectivity index (χ0) is 38.4. The van der Waals surface area contributed by atoms with Gasteiger partial charge in [-0.3, -0.25) is 23.7 Å². The minimum absolute atomic E-state index is 0.00425. The van der Waals surface area contributed by atoms with Gasteiger partial charge in [0, 0.05) is 0 Å². The lowest BCUT2D eigenvalue weighted by Crippen LogP contribution is -2.44. The van der Waals surface area contributed by atoms with Crippen molar-refractivity contribution in [3.63, 3.8) is 0 Å². The average Bonchev–Trinajstić information content (AvgIpc) is 3.65. The Kier molecular flexibility index (Phi) is 13.6. The first-order chi connectivity index (χ1) is 25.4. The Hall–Kier alpha value is -6.31. The number of fused-ring (bicyclic) bond motifs is 1. The van der Waals surface area contributed by atoms with Gasteiger partial charge in [0.15, 0.2) is 17.4 Å². The van der Waals surface area contributed by atoms with Gasteiger partial charge in [0.25, 0.3) is 5.56 Å². The van der Waals surface area contributed by atoms with Crippen LogP contribution in [0.3, 0.4) is 0 Å². The second-order valence-corrected chi connectivity index (χ2v) is 12.8. The monoisotopic (exact) mass is 736 g/mol. The lowest BCUT2D eigenvalue weighted by atomic mass is 9.96. The number of carbonyl (C=O) groups is 1. The normalized spacial score (nSPS) is 20.1. The third-order valence-electron chi connectivity index (χ3n) is 7.22. The van der Waals surface area contributed by atoms with Crippen LogP contribution in [0, 0.1) is 60.2 Å². The van der Waals surface area contributed by atoms with Crippen LogP contribution < -0.4 is 20.9 Å². The number of nitrogen functional groups attached to an aromatic ring is 1. The highest BCUT2D eigenvalue weighted by atomic mass is 31.2. The van der Waals surface area contributed by atoms with Crippen molar-refractivity contribution in [3.8, 4) is 66.0 Å². The molecule has 0 radical (unpaired) electrons. The van der Waals surface area contributed by atoms with Crippen molar-refractivity contribution in [2.24, 2.45) is 0 Å². The van der Waals surface area contributed by atoms with Gasteiger partial charge in [-0.15, -0.1) is 12.8 Å². The van der Waals surface area contributed by atoms with Gasteiger partial charge in [-0.1, -0.05) is 48.5 Å². The van der Waals surface area contributed by atoms with Crippen molar-refractivity contribution < 1.29 is 38.1 Å². The molecule has 0 spiro atoms. The fourth-order valence-electron chi connectivity index (χ4n) is 4.71. The summed E-state index contributed by atoms with van der Waals surface area (Å²) in [6.45, 7) is 2.21. The fraction of sp³-hybridized carbons (Fsp3) is 0.243. The predicted molar refractivity (Wildman–Crippen MR) is 194 cm³/mol. The Bertz CT molecular complexity index is 2260. The van der Waals surface area contributed by atoms with Crippen LogP contribution in [0.2, 0.25) is 0 Å². The van der Waals surface area contributed by atoms with Crippen LogP contribution in [0.4, 0.5) is 5.95 Å². The number of anilines is 1. The van der Waals surface area contributed by atoms with Crippen molar-refractivity contribution in [2.75, 3.05) is 12.3 Å². The Labute approximate surface area is 304 Å². The molecule has 2 aromatic heterocycles. The molecule has 0 aliphatic carbocycles. The number of aliphatic hydroxyl groups is 2. The summed E-state index contributed by atoms with van der Waals surface area (Å²) in [4.78, 5) is 35.3. The van der Waals surface area contributed by atoms with Gasteiger partial charge in [0.05, 0.1) is 12.9 Å². The number of aromatic nitrogens is 4. The minimum Gasteiger partial charge on any atom is -0.460 e. The van der Waals surface area contributed by atoms with E-state index < -0.39 is 56.0 Å². The molecule has 1 fully saturated rings. The molecule has 0 amide bonds. The average molecular weight is 737 g/mol. The maximum absolute atomic E-state index is 13.9. The SMILES string of the molecule is C#CC#CC#CC#CC#C.C[C@H](NP(=O)(OC[C@H]1O[C@@H](n2cnc3c(=O)[nH]c(N)nc32)C(C)(O)[C@H]1O)Oc1ccccc1)C(=O)OCc1ccccc1. The molecule has 15 nitrogen and oxygen atoms in total. The molecule has 4 aromatic rings. The molecular weight excluding hydrogens is 703 g/mol. The second kappa shape index (κ2) is 18.3. The number of terminal acetylenes is 2. The van der Waals surface area contributed by atoms with Crippen molar-refractivity contribution in [3.05, 3.63) is 82.9 Å². The molecule has 3 heterocycles. The quantitative estimate of drug-likeness (QED) is 0.0847. The van der Waals surface area contributed by atoms with Gasteiger partial charge in [0.2, 0.25) is 5.95 Å². The topological polar surface area (TPSA) is 213 Å². The van der Waals surface area contributed by atoms with Crippen LogP contribution >= 0.6 is 7.75 Å². The van der Waals surface area contributed by atoms with Gasteiger partial charge >= 0.3 is 13.7 Å². The third kappa shape index (κ3) is 10.6. The highest BCUT2D eigenvalue weighted by molar-refractivity contribution is 7.52. The number of aliphatic hydroxyl groups excluding tert-OH is 1. The van der Waals surface area contributed by atoms with Gasteiger partial charge in [-0.05, 0) is 78.9 Å². The van der Waals surface area contributed by atoms with E-state index in [1.54, 1.807) is 42.5 Å². The van der Waals surface area contributed by atoms with Crippen LogP contribution in [0.1, 0.15) is 25.6 Å². The van der Waals surface area contributed by atoms with Gasteiger partial charge in [0.1, 0.15) is 36.2 Å². The molecular formula is C37H33N6O9P. The van der Waals surface area contributed by atoms with Crippen LogP contribution in [0.25, 0.3) is 11.2 Å². The number of carbonyl (C=O) groups excluding carboxylic acids is 1. The first-order valence-electron chi connectivity index (χ1n) is 15.6. The molecule has 16 heteroatoms. The zero-order valence-electron chi connectivity index (χ0n) is 28.3. The molecule has 270 valence electrons. The van der Waals surface area contributed by atoms with Gasteiger partial charge in [-0.2, -0.15) is 10.1 Å². The number of hydrogen-bond acceptors (Lipinski definition) is 12. The van der Waals surface area contributed by atoms with Crippen LogP contribution in [-0.2, 0) is 30.0 Å². The Balaban J connectivity index is 0.000000550. The number of esters is 1. The lowest BCUT2D eigenvalue weighted by Gasteiger charge is -2.27. The van der Waals surface area contributed by atoms with Crippen molar-refractivity contribution in [1.82, 2.24) is 24.6 Å². The van der Waals surface area contributed by atoms with Crippen molar-refractivity contribution in [2.45, 2.75) is 50.5 Å². The van der Waals surface area contributed by atoms with E-state index >= 15 is 0 Å². The fourth-order valence-corrected chi connectivity index (χ4v) is 6.22. The molecule has 2 aromatic carbocycles. The number of hydrogen-bond donors (Lipinski definition) is 5. The number of nitrogens with zero attached hydrogens (tertiary/aromatic N) is 3. The smallest absolute Gasteiger partial charge is 0.459 e. The maximum atomic E-state index is 13.9. The molecule has 1 aliphatic rings. The number of aromatic amines is 1. The highest BCUT2D eigenvalue weighted by Gasteiger charge is 2.54. The van der Waals surface area contributed by atoms with E-state index in [1.807, 2.05) is 18.2 Å². The number of benzene rings is 2. The Morgan fingerprint density at radius 2 is 1.70 bits per heavy atom. The Morgan fingerprint density at radius 1 is 1.09 bits per heavy atom. The van der Waals surface area contributed by atoms with E-state index in [1.165, 1.54) is 24.7 Å². The molecule has 53 heavy (non-hydrogen) atoms. The van der Waals surface area contributed by atoms with E-state index in [-0.39, 0.29) is 29.5 Å². The molecule has 0 saturated carbocycles. The molecule has 0 bridgehead atoms. The van der Waals surface area contributed by atoms with Crippen LogP contribution in [0.5, 0.6) is 5.75 Å². The number of para-hydroxylation sites is 1. The van der Waals surface area contributed by atoms with Gasteiger partial charge < -0.3 is 29.9 Å². The summed E-state index contributed by atoms with van der Waals surface area (Å²) in [5.74, 6) is 17.7. The summed E-state index contributed by atoms with van der Waals surface area (Å²) < 4.78 is 37.7. The summed E-state index contributed by atoms with van der Waals surface area (Å²) in [6.07, 6.45) is 6.74. The van der Waals surface area contributed by atoms with Crippen molar-refractivity contribution in [1.29, 1.82) is 0 Å². The van der Waals surface area contributed by atoms with E-state index in [2.05, 4.69) is 67.4 Å². The number of rotatable bonds is 11. The predicted octanol–water partition coefficient (Wildman–Crippen LogP) is 1.90. The molecule has 5 rings (SSSR count). The second-order valence-electron chi connectivity index (χ2n) is 11.2. The third-order valence-corrected chi connectivity index (χ3v) is 8.87. The molecule has 6 N–H and O–H groups in total. The lowest BCUT2D eigenvalue weighted by molar-refractivity contribution is -0.146. The number of H-pyrrole nitrogens is 1. The summed E-state index contributed by atoms with van der Waals surface area (Å²) >= 11 is 0. The highest BCUT2D eigenvalue weighted by Crippen LogP contribution is 2.47. The maximum Gasteiger partial charge on any atom is 0.459 e. The number of nitrogens with two attached hydrogens (primary N) is 1. The largest absolute Gasteiger partial charge is 0.460 e. The number of nitrogens with one attached hydrogen (secondary N) is 2. The molecule has 1 saturated heterocycles.